The second-order valence-electron chi connectivity index (χ2n) is 10.8. The van der Waals surface area contributed by atoms with Crippen molar-refractivity contribution >= 4 is 0 Å². The molecule has 0 heteroatoms. The highest BCUT2D eigenvalue weighted by Crippen LogP contribution is 2.57. The summed E-state index contributed by atoms with van der Waals surface area (Å²) >= 11 is 0. The van der Waals surface area contributed by atoms with Crippen LogP contribution in [0.2, 0.25) is 0 Å². The van der Waals surface area contributed by atoms with Crippen LogP contribution in [0.25, 0.3) is 0 Å². The van der Waals surface area contributed by atoms with E-state index in [1.165, 1.54) is 70.6 Å². The molecule has 6 atom stereocenters. The maximum atomic E-state index is 2.69. The first-order valence-electron chi connectivity index (χ1n) is 12.0. The molecule has 0 amide bonds. The fraction of sp³-hybridized carbons (Fsp3) is 1.00. The minimum Gasteiger partial charge on any atom is -0.0651 e. The summed E-state index contributed by atoms with van der Waals surface area (Å²) in [7, 11) is 0. The van der Waals surface area contributed by atoms with E-state index in [-0.39, 0.29) is 0 Å². The maximum Gasteiger partial charge on any atom is -0.0295 e. The summed E-state index contributed by atoms with van der Waals surface area (Å²) in [6.07, 6.45) is 22.6. The molecule has 3 fully saturated rings. The van der Waals surface area contributed by atoms with Crippen LogP contribution in [-0.4, -0.2) is 0 Å². The van der Waals surface area contributed by atoms with Gasteiger partial charge in [-0.2, -0.15) is 0 Å². The fourth-order valence-electron chi connectivity index (χ4n) is 7.32. The van der Waals surface area contributed by atoms with Crippen molar-refractivity contribution in [1.29, 1.82) is 0 Å². The molecule has 0 nitrogen and oxygen atoms in total. The second kappa shape index (κ2) is 8.35. The van der Waals surface area contributed by atoms with Gasteiger partial charge in [-0.1, -0.05) is 72.6 Å². The van der Waals surface area contributed by atoms with Crippen LogP contribution in [0.5, 0.6) is 0 Å². The average molecular weight is 347 g/mol. The van der Waals surface area contributed by atoms with Gasteiger partial charge in [0.25, 0.3) is 0 Å². The molecule has 146 valence electrons. The van der Waals surface area contributed by atoms with Crippen molar-refractivity contribution in [2.24, 2.45) is 34.5 Å². The van der Waals surface area contributed by atoms with Crippen LogP contribution in [0.1, 0.15) is 124 Å². The number of hydrogen-bond acceptors (Lipinski definition) is 0. The lowest BCUT2D eigenvalue weighted by atomic mass is 9.53. The summed E-state index contributed by atoms with van der Waals surface area (Å²) in [5.74, 6) is 4.19. The molecule has 25 heavy (non-hydrogen) atoms. The summed E-state index contributed by atoms with van der Waals surface area (Å²) in [5.41, 5.74) is 1.32. The molecular weight excluding hydrogens is 300 g/mol. The first kappa shape index (κ1) is 19.8. The lowest BCUT2D eigenvalue weighted by Crippen LogP contribution is -2.43. The lowest BCUT2D eigenvalue weighted by molar-refractivity contribution is -0.0260. The van der Waals surface area contributed by atoms with Crippen LogP contribution in [0.15, 0.2) is 0 Å². The van der Waals surface area contributed by atoms with Gasteiger partial charge < -0.3 is 0 Å². The minimum atomic E-state index is 0.631. The molecule has 0 heterocycles. The number of fused-ring (bicyclic) bond motifs is 3. The molecule has 0 aromatic carbocycles. The van der Waals surface area contributed by atoms with Gasteiger partial charge in [0.1, 0.15) is 0 Å². The van der Waals surface area contributed by atoms with Crippen LogP contribution in [0, 0.1) is 34.5 Å². The van der Waals surface area contributed by atoms with Gasteiger partial charge in [-0.15, -0.1) is 0 Å². The highest BCUT2D eigenvalue weighted by molar-refractivity contribution is 4.97. The molecule has 5 unspecified atom stereocenters. The molecule has 3 rings (SSSR count). The normalized spacial score (nSPS) is 46.6. The smallest absolute Gasteiger partial charge is 0.0295 e. The Morgan fingerprint density at radius 3 is 2.20 bits per heavy atom. The van der Waals surface area contributed by atoms with E-state index in [1.54, 1.807) is 25.7 Å². The van der Waals surface area contributed by atoms with Crippen LogP contribution in [0.3, 0.4) is 0 Å². The van der Waals surface area contributed by atoms with E-state index in [0.717, 1.165) is 23.7 Å². The van der Waals surface area contributed by atoms with E-state index in [1.807, 2.05) is 0 Å². The minimum absolute atomic E-state index is 0.631. The highest BCUT2D eigenvalue weighted by Gasteiger charge is 2.47. The zero-order valence-electron chi connectivity index (χ0n) is 17.9. The Bertz CT molecular complexity index is 412. The Hall–Kier alpha value is 0. The zero-order chi connectivity index (χ0) is 17.9. The van der Waals surface area contributed by atoms with E-state index in [9.17, 15) is 0 Å². The monoisotopic (exact) mass is 346 g/mol. The van der Waals surface area contributed by atoms with Gasteiger partial charge in [-0.05, 0) is 85.9 Å². The molecule has 0 aliphatic heterocycles. The molecular formula is C25H46. The first-order chi connectivity index (χ1) is 12.0. The molecule has 0 radical (unpaired) electrons. The Morgan fingerprint density at radius 1 is 0.680 bits per heavy atom. The van der Waals surface area contributed by atoms with Crippen molar-refractivity contribution in [3.63, 3.8) is 0 Å². The largest absolute Gasteiger partial charge is 0.0651 e. The van der Waals surface area contributed by atoms with Crippen molar-refractivity contribution in [3.05, 3.63) is 0 Å². The Labute approximate surface area is 158 Å². The van der Waals surface area contributed by atoms with Crippen molar-refractivity contribution in [2.45, 2.75) is 124 Å². The lowest BCUT2D eigenvalue weighted by Gasteiger charge is -2.52. The van der Waals surface area contributed by atoms with E-state index in [2.05, 4.69) is 27.7 Å². The summed E-state index contributed by atoms with van der Waals surface area (Å²) in [6.45, 7) is 10.2. The Morgan fingerprint density at radius 2 is 1.44 bits per heavy atom. The summed E-state index contributed by atoms with van der Waals surface area (Å²) in [5, 5.41) is 0. The average Bonchev–Trinajstić information content (AvgIpc) is 2.81. The van der Waals surface area contributed by atoms with E-state index < -0.39 is 0 Å². The third kappa shape index (κ3) is 4.30. The van der Waals surface area contributed by atoms with Crippen molar-refractivity contribution < 1.29 is 0 Å². The molecule has 0 spiro atoms. The second-order valence-corrected chi connectivity index (χ2v) is 10.8. The van der Waals surface area contributed by atoms with Crippen molar-refractivity contribution in [1.82, 2.24) is 0 Å². The van der Waals surface area contributed by atoms with Gasteiger partial charge in [0.15, 0.2) is 0 Å². The highest BCUT2D eigenvalue weighted by atomic mass is 14.5. The predicted octanol–water partition coefficient (Wildman–Crippen LogP) is 8.40. The zero-order valence-corrected chi connectivity index (χ0v) is 17.9. The van der Waals surface area contributed by atoms with Crippen LogP contribution in [0.4, 0.5) is 0 Å². The van der Waals surface area contributed by atoms with Gasteiger partial charge >= 0.3 is 0 Å². The maximum absolute atomic E-state index is 2.69. The van der Waals surface area contributed by atoms with E-state index in [0.29, 0.717) is 10.8 Å². The Balaban J connectivity index is 1.81. The van der Waals surface area contributed by atoms with Gasteiger partial charge in [0.2, 0.25) is 0 Å². The molecule has 0 N–H and O–H groups in total. The summed E-state index contributed by atoms with van der Waals surface area (Å²) in [4.78, 5) is 0. The van der Waals surface area contributed by atoms with Crippen LogP contribution < -0.4 is 0 Å². The molecule has 0 saturated heterocycles. The van der Waals surface area contributed by atoms with E-state index >= 15 is 0 Å². The first-order valence-corrected chi connectivity index (χ1v) is 12.0. The molecule has 3 saturated carbocycles. The third-order valence-corrected chi connectivity index (χ3v) is 9.44. The molecule has 3 aliphatic carbocycles. The van der Waals surface area contributed by atoms with E-state index in [4.69, 9.17) is 0 Å². The van der Waals surface area contributed by atoms with Gasteiger partial charge in [0.05, 0.1) is 0 Å². The Kier molecular flexibility index (Phi) is 6.60. The van der Waals surface area contributed by atoms with Gasteiger partial charge in [0, 0.05) is 0 Å². The number of rotatable bonds is 2. The molecule has 0 bridgehead atoms. The fourth-order valence-corrected chi connectivity index (χ4v) is 7.32. The molecule has 0 aromatic rings. The summed E-state index contributed by atoms with van der Waals surface area (Å²) in [6, 6.07) is 0. The summed E-state index contributed by atoms with van der Waals surface area (Å²) < 4.78 is 0. The van der Waals surface area contributed by atoms with Gasteiger partial charge in [-0.25, -0.2) is 0 Å². The third-order valence-electron chi connectivity index (χ3n) is 9.44. The standard InChI is InChI=1S/C25H46/c1-5-20-14-18-24(3,6-2)16-11-9-12-22-21(20)15-19-25(4)17-10-7-8-13-23(22)25/h20-23H,5-19H2,1-4H3/t20?,21?,22?,23?,24-,25?/m1/s1. The van der Waals surface area contributed by atoms with Crippen molar-refractivity contribution in [3.8, 4) is 0 Å². The van der Waals surface area contributed by atoms with Gasteiger partial charge in [-0.3, -0.25) is 0 Å². The van der Waals surface area contributed by atoms with Crippen LogP contribution >= 0.6 is 0 Å². The quantitative estimate of drug-likeness (QED) is 0.471. The number of hydrogen-bond donors (Lipinski definition) is 0. The topological polar surface area (TPSA) is 0 Å². The SMILES string of the molecule is CCC1CC[C@](C)(CC)CCCCC2C1CCC1(C)CCCCCC21. The molecule has 3 aliphatic rings. The van der Waals surface area contributed by atoms with Crippen molar-refractivity contribution in [2.75, 3.05) is 0 Å². The predicted molar refractivity (Wildman–Crippen MR) is 111 cm³/mol. The van der Waals surface area contributed by atoms with Crippen LogP contribution in [-0.2, 0) is 0 Å². The molecule has 0 aromatic heterocycles.